The summed E-state index contributed by atoms with van der Waals surface area (Å²) in [6.45, 7) is 0. The van der Waals surface area contributed by atoms with Crippen LogP contribution in [0.4, 0.5) is 0 Å². The van der Waals surface area contributed by atoms with Gasteiger partial charge in [-0.05, 0) is 31.2 Å². The summed E-state index contributed by atoms with van der Waals surface area (Å²) in [5.41, 5.74) is 0.535. The number of rotatable bonds is 7. The number of hydrogen-bond acceptors (Lipinski definition) is 8. The molecule has 1 heterocycles. The van der Waals surface area contributed by atoms with Crippen molar-refractivity contribution in [2.24, 2.45) is 0 Å². The maximum atomic E-state index is 12.9. The van der Waals surface area contributed by atoms with Crippen molar-refractivity contribution in [2.75, 3.05) is 11.5 Å². The summed E-state index contributed by atoms with van der Waals surface area (Å²) in [5.74, 6) is -5.01. The van der Waals surface area contributed by atoms with E-state index in [4.69, 9.17) is 0 Å². The summed E-state index contributed by atoms with van der Waals surface area (Å²) in [6.07, 6.45) is -3.09. The Morgan fingerprint density at radius 1 is 0.885 bits per heavy atom. The highest BCUT2D eigenvalue weighted by atomic mass is 32.3. The minimum atomic E-state index is -4.35. The molecule has 144 valence electrons. The molecule has 0 radical (unpaired) electrons. The van der Waals surface area contributed by atoms with Crippen LogP contribution < -0.4 is 10.2 Å². The molecule has 0 unspecified atom stereocenters. The normalized spacial score (nSPS) is 21.1. The van der Waals surface area contributed by atoms with Gasteiger partial charge in [0.15, 0.2) is 23.8 Å². The van der Waals surface area contributed by atoms with E-state index in [1.165, 1.54) is 0 Å². The molecule has 0 bridgehead atoms. The molecule has 1 fully saturated rings. The van der Waals surface area contributed by atoms with Crippen LogP contribution in [0, 0.1) is 0 Å². The van der Waals surface area contributed by atoms with Crippen LogP contribution in [0.5, 0.6) is 0 Å². The maximum absolute atomic E-state index is 12.9. The summed E-state index contributed by atoms with van der Waals surface area (Å²) in [4.78, 5) is 21.6. The lowest BCUT2D eigenvalue weighted by Crippen LogP contribution is -2.55. The van der Waals surface area contributed by atoms with Crippen LogP contribution in [-0.4, -0.2) is 44.4 Å². The third-order valence-electron chi connectivity index (χ3n) is 4.67. The molecule has 10 heteroatoms. The molecule has 8 nitrogen and oxygen atoms in total. The summed E-state index contributed by atoms with van der Waals surface area (Å²) in [6, 6.07) is 8.25. The first kappa shape index (κ1) is 20.4. The van der Waals surface area contributed by atoms with Crippen LogP contribution in [0.1, 0.15) is 37.2 Å². The van der Waals surface area contributed by atoms with Gasteiger partial charge in [-0.1, -0.05) is 30.3 Å². The average molecular weight is 402 g/mol. The summed E-state index contributed by atoms with van der Waals surface area (Å²) in [7, 11) is -8.70. The second-order valence-corrected chi connectivity index (χ2v) is 11.3. The second kappa shape index (κ2) is 7.36. The molecule has 2 rings (SSSR count). The lowest BCUT2D eigenvalue weighted by atomic mass is 10.0. The van der Waals surface area contributed by atoms with E-state index in [-0.39, 0.29) is 0 Å². The van der Waals surface area contributed by atoms with Gasteiger partial charge < -0.3 is 19.8 Å². The minimum Gasteiger partial charge on any atom is -0.550 e. The van der Waals surface area contributed by atoms with Gasteiger partial charge in [0, 0.05) is 17.9 Å². The topological polar surface area (TPSA) is 149 Å². The fourth-order valence-electron chi connectivity index (χ4n) is 3.32. The van der Waals surface area contributed by atoms with Crippen molar-refractivity contribution in [1.29, 1.82) is 0 Å². The highest BCUT2D eigenvalue weighted by Gasteiger charge is 2.58. The summed E-state index contributed by atoms with van der Waals surface area (Å²) >= 11 is 0. The number of hydrogen-bond donors (Lipinski definition) is 0. The van der Waals surface area contributed by atoms with Crippen LogP contribution in [0.25, 0.3) is 0 Å². The van der Waals surface area contributed by atoms with Gasteiger partial charge >= 0.3 is 0 Å². The van der Waals surface area contributed by atoms with Crippen LogP contribution >= 0.6 is 0 Å². The zero-order valence-corrected chi connectivity index (χ0v) is 15.4. The predicted octanol–water partition coefficient (Wildman–Crippen LogP) is -1.63. The molecule has 1 aliphatic rings. The SMILES string of the molecule is O=C([O-])CCC1(CCC(=O)[O-])S(=O)(=O)CC(c2ccccc2)CS1(=O)=O. The van der Waals surface area contributed by atoms with Gasteiger partial charge in [-0.3, -0.25) is 0 Å². The fourth-order valence-corrected chi connectivity index (χ4v) is 9.37. The molecule has 1 aromatic carbocycles. The first-order valence-corrected chi connectivity index (χ1v) is 11.2. The Bertz CT molecular complexity index is 831. The van der Waals surface area contributed by atoms with Crippen molar-refractivity contribution in [3.63, 3.8) is 0 Å². The molecule has 0 atom stereocenters. The van der Waals surface area contributed by atoms with E-state index in [9.17, 15) is 36.6 Å². The van der Waals surface area contributed by atoms with Crippen molar-refractivity contribution in [3.8, 4) is 0 Å². The van der Waals surface area contributed by atoms with E-state index in [1.807, 2.05) is 0 Å². The Morgan fingerprint density at radius 2 is 1.31 bits per heavy atom. The lowest BCUT2D eigenvalue weighted by Gasteiger charge is -2.39. The molecule has 26 heavy (non-hydrogen) atoms. The molecule has 1 aromatic rings. The predicted molar refractivity (Wildman–Crippen MR) is 88.0 cm³/mol. The van der Waals surface area contributed by atoms with Crippen molar-refractivity contribution >= 4 is 31.6 Å². The van der Waals surface area contributed by atoms with Gasteiger partial charge in [-0.2, -0.15) is 0 Å². The van der Waals surface area contributed by atoms with Crippen molar-refractivity contribution in [2.45, 2.75) is 35.7 Å². The lowest BCUT2D eigenvalue weighted by molar-refractivity contribution is -0.306. The molecule has 1 saturated heterocycles. The minimum absolute atomic E-state index is 0.504. The summed E-state index contributed by atoms with van der Waals surface area (Å²) in [5, 5.41) is 21.6. The number of carbonyl (C=O) groups is 2. The molecule has 0 N–H and O–H groups in total. The van der Waals surface area contributed by atoms with Crippen molar-refractivity contribution in [1.82, 2.24) is 0 Å². The third kappa shape index (κ3) is 3.90. The highest BCUT2D eigenvalue weighted by Crippen LogP contribution is 2.43. The van der Waals surface area contributed by atoms with Crippen LogP contribution in [0.15, 0.2) is 30.3 Å². The molecule has 1 aliphatic heterocycles. The van der Waals surface area contributed by atoms with E-state index >= 15 is 0 Å². The van der Waals surface area contributed by atoms with Crippen LogP contribution in [0.3, 0.4) is 0 Å². The zero-order valence-electron chi connectivity index (χ0n) is 13.8. The molecule has 0 saturated carbocycles. The largest absolute Gasteiger partial charge is 0.550 e. The quantitative estimate of drug-likeness (QED) is 0.528. The Morgan fingerprint density at radius 3 is 1.69 bits per heavy atom. The fraction of sp³-hybridized carbons (Fsp3) is 0.500. The van der Waals surface area contributed by atoms with Crippen LogP contribution in [0.2, 0.25) is 0 Å². The molecule has 0 aliphatic carbocycles. The van der Waals surface area contributed by atoms with E-state index in [1.54, 1.807) is 30.3 Å². The van der Waals surface area contributed by atoms with Gasteiger partial charge in [0.2, 0.25) is 0 Å². The Hall–Kier alpha value is -1.94. The zero-order chi connectivity index (χ0) is 19.6. The Kier molecular flexibility index (Phi) is 5.76. The van der Waals surface area contributed by atoms with Crippen LogP contribution in [-0.2, 0) is 29.3 Å². The van der Waals surface area contributed by atoms with E-state index in [0.29, 0.717) is 5.56 Å². The third-order valence-corrected chi connectivity index (χ3v) is 11.0. The number of carboxylic acid groups (broad SMARTS) is 2. The number of carboxylic acids is 2. The Balaban J connectivity index is 2.50. The van der Waals surface area contributed by atoms with Gasteiger partial charge in [-0.25, -0.2) is 16.8 Å². The first-order valence-electron chi connectivity index (χ1n) is 7.90. The van der Waals surface area contributed by atoms with Gasteiger partial charge in [0.05, 0.1) is 11.5 Å². The molecular formula is C16H18O8S2-2. The van der Waals surface area contributed by atoms with Gasteiger partial charge in [0.25, 0.3) is 0 Å². The monoisotopic (exact) mass is 402 g/mol. The summed E-state index contributed by atoms with van der Waals surface area (Å²) < 4.78 is 49.2. The number of aliphatic carboxylic acids is 2. The van der Waals surface area contributed by atoms with E-state index < -0.39 is 78.8 Å². The number of benzene rings is 1. The maximum Gasteiger partial charge on any atom is 0.174 e. The molecule has 0 amide bonds. The number of carbonyl (C=O) groups excluding carboxylic acids is 2. The first-order chi connectivity index (χ1) is 12.0. The van der Waals surface area contributed by atoms with E-state index in [2.05, 4.69) is 0 Å². The highest BCUT2D eigenvalue weighted by molar-refractivity contribution is 8.11. The van der Waals surface area contributed by atoms with Gasteiger partial charge in [0.1, 0.15) is 0 Å². The molecular weight excluding hydrogens is 384 g/mol. The average Bonchev–Trinajstić information content (AvgIpc) is 2.53. The second-order valence-electron chi connectivity index (χ2n) is 6.33. The molecule has 0 aromatic heterocycles. The standard InChI is InChI=1S/C16H20O8S2/c17-14(18)6-8-16(9-7-15(19)20)25(21,22)10-13(11-26(16,23)24)12-4-2-1-3-5-12/h1-5,13H,6-11H2,(H,17,18)(H,19,20)/p-2. The molecule has 0 spiro atoms. The number of sulfone groups is 2. The van der Waals surface area contributed by atoms with Gasteiger partial charge in [-0.15, -0.1) is 0 Å². The smallest absolute Gasteiger partial charge is 0.174 e. The van der Waals surface area contributed by atoms with Crippen molar-refractivity contribution < 1.29 is 36.6 Å². The van der Waals surface area contributed by atoms with E-state index in [0.717, 1.165) is 0 Å². The Labute approximate surface area is 151 Å². The van der Waals surface area contributed by atoms with Crippen molar-refractivity contribution in [3.05, 3.63) is 35.9 Å².